The summed E-state index contributed by atoms with van der Waals surface area (Å²) in [7, 11) is 0. The van der Waals surface area contributed by atoms with Crippen molar-refractivity contribution >= 4 is 5.91 Å². The van der Waals surface area contributed by atoms with Crippen LogP contribution in [-0.4, -0.2) is 54.0 Å². The smallest absolute Gasteiger partial charge is 0.239 e. The standard InChI is InChI=1S/C13H25N3O/c1-2-5-12(14)13(17)16-9-8-15-7-4-3-6-11(15)10-16/h11-12H,2-10,14H2,1H3/t11?,12-/m1/s1. The molecule has 4 heteroatoms. The number of carbonyl (C=O) groups excluding carboxylic acids is 1. The number of hydrogen-bond acceptors (Lipinski definition) is 3. The number of piperazine rings is 1. The zero-order chi connectivity index (χ0) is 12.3. The fourth-order valence-corrected chi connectivity index (χ4v) is 3.03. The van der Waals surface area contributed by atoms with E-state index in [0.717, 1.165) is 32.5 Å². The van der Waals surface area contributed by atoms with Gasteiger partial charge in [-0.25, -0.2) is 0 Å². The summed E-state index contributed by atoms with van der Waals surface area (Å²) in [5.41, 5.74) is 5.92. The van der Waals surface area contributed by atoms with Crippen molar-refractivity contribution in [3.63, 3.8) is 0 Å². The van der Waals surface area contributed by atoms with Gasteiger partial charge in [-0.2, -0.15) is 0 Å². The third kappa shape index (κ3) is 2.99. The summed E-state index contributed by atoms with van der Waals surface area (Å²) < 4.78 is 0. The van der Waals surface area contributed by atoms with E-state index in [2.05, 4.69) is 11.8 Å². The average Bonchev–Trinajstić information content (AvgIpc) is 2.37. The van der Waals surface area contributed by atoms with Crippen LogP contribution in [0.4, 0.5) is 0 Å². The second kappa shape index (κ2) is 5.83. The van der Waals surface area contributed by atoms with Crippen LogP contribution in [0.3, 0.4) is 0 Å². The van der Waals surface area contributed by atoms with Crippen LogP contribution in [0.5, 0.6) is 0 Å². The minimum Gasteiger partial charge on any atom is -0.338 e. The molecule has 1 unspecified atom stereocenters. The molecule has 2 rings (SSSR count). The first-order chi connectivity index (χ1) is 8.22. The number of nitrogens with two attached hydrogens (primary N) is 1. The number of hydrogen-bond donors (Lipinski definition) is 1. The summed E-state index contributed by atoms with van der Waals surface area (Å²) in [4.78, 5) is 16.7. The molecule has 2 aliphatic heterocycles. The SMILES string of the molecule is CCC[C@@H](N)C(=O)N1CCN2CCCCC2C1. The Labute approximate surface area is 104 Å². The predicted octanol–water partition coefficient (Wildman–Crippen LogP) is 0.811. The average molecular weight is 239 g/mol. The zero-order valence-electron chi connectivity index (χ0n) is 10.9. The van der Waals surface area contributed by atoms with Crippen LogP contribution in [0.1, 0.15) is 39.0 Å². The first-order valence-corrected chi connectivity index (χ1v) is 7.00. The van der Waals surface area contributed by atoms with Crippen LogP contribution >= 0.6 is 0 Å². The molecule has 0 aliphatic carbocycles. The number of fused-ring (bicyclic) bond motifs is 1. The Bertz CT molecular complexity index is 269. The van der Waals surface area contributed by atoms with E-state index in [4.69, 9.17) is 5.73 Å². The molecule has 2 N–H and O–H groups in total. The van der Waals surface area contributed by atoms with E-state index in [1.54, 1.807) is 0 Å². The lowest BCUT2D eigenvalue weighted by Gasteiger charge is -2.44. The van der Waals surface area contributed by atoms with Crippen LogP contribution in [0, 0.1) is 0 Å². The Hall–Kier alpha value is -0.610. The third-order valence-corrected chi connectivity index (χ3v) is 4.07. The van der Waals surface area contributed by atoms with E-state index in [0.29, 0.717) is 6.04 Å². The molecule has 98 valence electrons. The lowest BCUT2D eigenvalue weighted by atomic mass is 9.99. The highest BCUT2D eigenvalue weighted by molar-refractivity contribution is 5.81. The monoisotopic (exact) mass is 239 g/mol. The zero-order valence-corrected chi connectivity index (χ0v) is 10.9. The Morgan fingerprint density at radius 2 is 2.18 bits per heavy atom. The van der Waals surface area contributed by atoms with E-state index in [1.165, 1.54) is 25.8 Å². The molecule has 0 bridgehead atoms. The lowest BCUT2D eigenvalue weighted by Crippen LogP contribution is -2.58. The van der Waals surface area contributed by atoms with Crippen molar-refractivity contribution in [1.82, 2.24) is 9.80 Å². The van der Waals surface area contributed by atoms with Crippen LogP contribution in [0.2, 0.25) is 0 Å². The molecule has 2 aliphatic rings. The molecule has 0 saturated carbocycles. The third-order valence-electron chi connectivity index (χ3n) is 4.07. The quantitative estimate of drug-likeness (QED) is 0.793. The molecule has 0 aromatic rings. The first-order valence-electron chi connectivity index (χ1n) is 7.00. The maximum Gasteiger partial charge on any atom is 0.239 e. The number of amides is 1. The number of carbonyl (C=O) groups is 1. The number of rotatable bonds is 3. The summed E-state index contributed by atoms with van der Waals surface area (Å²) in [6, 6.07) is 0.311. The second-order valence-electron chi connectivity index (χ2n) is 5.36. The predicted molar refractivity (Wildman–Crippen MR) is 68.7 cm³/mol. The van der Waals surface area contributed by atoms with Crippen molar-refractivity contribution in [3.05, 3.63) is 0 Å². The van der Waals surface area contributed by atoms with E-state index in [1.807, 2.05) is 4.90 Å². The molecule has 4 nitrogen and oxygen atoms in total. The summed E-state index contributed by atoms with van der Waals surface area (Å²) in [5, 5.41) is 0. The Kier molecular flexibility index (Phi) is 4.40. The topological polar surface area (TPSA) is 49.6 Å². The maximum atomic E-state index is 12.1. The summed E-state index contributed by atoms with van der Waals surface area (Å²) >= 11 is 0. The molecule has 0 spiro atoms. The molecule has 2 saturated heterocycles. The summed E-state index contributed by atoms with van der Waals surface area (Å²) in [6.45, 7) is 6.10. The van der Waals surface area contributed by atoms with Crippen molar-refractivity contribution in [2.45, 2.75) is 51.1 Å². The molecule has 0 aromatic carbocycles. The van der Waals surface area contributed by atoms with Gasteiger partial charge in [0.05, 0.1) is 6.04 Å². The molecule has 2 heterocycles. The maximum absolute atomic E-state index is 12.1. The van der Waals surface area contributed by atoms with E-state index in [9.17, 15) is 4.79 Å². The highest BCUT2D eigenvalue weighted by Crippen LogP contribution is 2.21. The molecular formula is C13H25N3O. The second-order valence-corrected chi connectivity index (χ2v) is 5.36. The van der Waals surface area contributed by atoms with Crippen molar-refractivity contribution in [2.24, 2.45) is 5.73 Å². The Balaban J connectivity index is 1.88. The van der Waals surface area contributed by atoms with Gasteiger partial charge in [0.25, 0.3) is 0 Å². The minimum atomic E-state index is -0.282. The number of nitrogens with zero attached hydrogens (tertiary/aromatic N) is 2. The van der Waals surface area contributed by atoms with E-state index in [-0.39, 0.29) is 11.9 Å². The van der Waals surface area contributed by atoms with Gasteiger partial charge in [0.15, 0.2) is 0 Å². The molecule has 2 atom stereocenters. The van der Waals surface area contributed by atoms with Crippen LogP contribution in [0.25, 0.3) is 0 Å². The molecule has 2 fully saturated rings. The van der Waals surface area contributed by atoms with Gasteiger partial charge in [0.1, 0.15) is 0 Å². The fraction of sp³-hybridized carbons (Fsp3) is 0.923. The van der Waals surface area contributed by atoms with E-state index >= 15 is 0 Å². The lowest BCUT2D eigenvalue weighted by molar-refractivity contribution is -0.136. The largest absolute Gasteiger partial charge is 0.338 e. The van der Waals surface area contributed by atoms with Crippen molar-refractivity contribution in [1.29, 1.82) is 0 Å². The highest BCUT2D eigenvalue weighted by atomic mass is 16.2. The normalized spacial score (nSPS) is 27.6. The first kappa shape index (κ1) is 12.8. The van der Waals surface area contributed by atoms with Crippen LogP contribution in [-0.2, 0) is 4.79 Å². The van der Waals surface area contributed by atoms with Crippen LogP contribution < -0.4 is 5.73 Å². The van der Waals surface area contributed by atoms with Gasteiger partial charge >= 0.3 is 0 Å². The molecule has 1 amide bonds. The van der Waals surface area contributed by atoms with Gasteiger partial charge in [0.2, 0.25) is 5.91 Å². The van der Waals surface area contributed by atoms with Crippen molar-refractivity contribution < 1.29 is 4.79 Å². The highest BCUT2D eigenvalue weighted by Gasteiger charge is 2.32. The Morgan fingerprint density at radius 1 is 1.35 bits per heavy atom. The van der Waals surface area contributed by atoms with Crippen LogP contribution in [0.15, 0.2) is 0 Å². The van der Waals surface area contributed by atoms with Gasteiger partial charge in [-0.15, -0.1) is 0 Å². The van der Waals surface area contributed by atoms with Crippen molar-refractivity contribution in [2.75, 3.05) is 26.2 Å². The van der Waals surface area contributed by atoms with Gasteiger partial charge in [-0.1, -0.05) is 19.8 Å². The molecule has 0 radical (unpaired) electrons. The fourth-order valence-electron chi connectivity index (χ4n) is 3.03. The summed E-state index contributed by atoms with van der Waals surface area (Å²) in [5.74, 6) is 0.164. The van der Waals surface area contributed by atoms with Gasteiger partial charge in [0, 0.05) is 25.7 Å². The Morgan fingerprint density at radius 3 is 2.94 bits per heavy atom. The molecular weight excluding hydrogens is 214 g/mol. The molecule has 0 aromatic heterocycles. The van der Waals surface area contributed by atoms with Gasteiger partial charge < -0.3 is 10.6 Å². The van der Waals surface area contributed by atoms with Crippen molar-refractivity contribution in [3.8, 4) is 0 Å². The molecule has 17 heavy (non-hydrogen) atoms. The number of piperidine rings is 1. The van der Waals surface area contributed by atoms with Gasteiger partial charge in [-0.3, -0.25) is 9.69 Å². The minimum absolute atomic E-state index is 0.164. The van der Waals surface area contributed by atoms with Gasteiger partial charge in [-0.05, 0) is 25.8 Å². The van der Waals surface area contributed by atoms with E-state index < -0.39 is 0 Å². The summed E-state index contributed by atoms with van der Waals surface area (Å²) in [6.07, 6.45) is 5.66.